The summed E-state index contributed by atoms with van der Waals surface area (Å²) in [7, 11) is 1.57. The van der Waals surface area contributed by atoms with Crippen molar-refractivity contribution in [2.75, 3.05) is 13.7 Å². The van der Waals surface area contributed by atoms with E-state index in [1.54, 1.807) is 13.2 Å². The van der Waals surface area contributed by atoms with Crippen LogP contribution in [0.1, 0.15) is 59.5 Å². The van der Waals surface area contributed by atoms with Crippen LogP contribution >= 0.6 is 0 Å². The number of para-hydroxylation sites is 1. The minimum atomic E-state index is -0.557. The molecule has 4 heteroatoms. The molecule has 1 fully saturated rings. The van der Waals surface area contributed by atoms with Gasteiger partial charge in [-0.05, 0) is 36.5 Å². The quantitative estimate of drug-likeness (QED) is 0.378. The second-order valence-electron chi connectivity index (χ2n) is 7.06. The fourth-order valence-electron chi connectivity index (χ4n) is 3.61. The van der Waals surface area contributed by atoms with Gasteiger partial charge in [0.15, 0.2) is 12.4 Å². The summed E-state index contributed by atoms with van der Waals surface area (Å²) in [5.74, 6) is 0.517. The molecule has 146 valence electrons. The van der Waals surface area contributed by atoms with Crippen LogP contribution in [0.15, 0.2) is 54.6 Å². The van der Waals surface area contributed by atoms with Gasteiger partial charge in [0, 0.05) is 17.2 Å². The first-order valence-corrected chi connectivity index (χ1v) is 9.78. The highest BCUT2D eigenvalue weighted by atomic mass is 16.5. The Kier molecular flexibility index (Phi) is 7.01. The third kappa shape index (κ3) is 5.32. The largest absolute Gasteiger partial charge is 0.496 e. The van der Waals surface area contributed by atoms with E-state index < -0.39 is 5.97 Å². The number of methoxy groups -OCH3 is 1. The van der Waals surface area contributed by atoms with Crippen molar-refractivity contribution in [3.63, 3.8) is 0 Å². The van der Waals surface area contributed by atoms with E-state index in [4.69, 9.17) is 9.47 Å². The van der Waals surface area contributed by atoms with Crippen LogP contribution < -0.4 is 4.74 Å². The summed E-state index contributed by atoms with van der Waals surface area (Å²) >= 11 is 0. The molecule has 0 unspecified atom stereocenters. The molecule has 1 aliphatic carbocycles. The number of benzene rings is 2. The molecule has 0 saturated heterocycles. The molecule has 0 bridgehead atoms. The van der Waals surface area contributed by atoms with Gasteiger partial charge in [0.1, 0.15) is 5.75 Å². The second-order valence-corrected chi connectivity index (χ2v) is 7.06. The van der Waals surface area contributed by atoms with Crippen molar-refractivity contribution in [1.82, 2.24) is 0 Å². The summed E-state index contributed by atoms with van der Waals surface area (Å²) in [6.07, 6.45) is 9.26. The average molecular weight is 378 g/mol. The lowest BCUT2D eigenvalue weighted by molar-refractivity contribution is -0.136. The van der Waals surface area contributed by atoms with Gasteiger partial charge in [0.2, 0.25) is 0 Å². The van der Waals surface area contributed by atoms with Crippen molar-refractivity contribution >= 4 is 17.8 Å². The van der Waals surface area contributed by atoms with Gasteiger partial charge in [-0.2, -0.15) is 0 Å². The van der Waals surface area contributed by atoms with Crippen molar-refractivity contribution in [1.29, 1.82) is 0 Å². The monoisotopic (exact) mass is 378 g/mol. The number of Topliss-reactive ketones (excluding diaryl/α,β-unsaturated/α-hetero) is 1. The number of esters is 1. The molecule has 0 N–H and O–H groups in total. The Balaban J connectivity index is 1.51. The minimum Gasteiger partial charge on any atom is -0.496 e. The van der Waals surface area contributed by atoms with Crippen LogP contribution in [0.4, 0.5) is 0 Å². The summed E-state index contributed by atoms with van der Waals surface area (Å²) in [6.45, 7) is -0.266. The van der Waals surface area contributed by atoms with E-state index in [1.165, 1.54) is 43.7 Å². The number of rotatable bonds is 7. The summed E-state index contributed by atoms with van der Waals surface area (Å²) in [4.78, 5) is 24.2. The average Bonchev–Trinajstić information content (AvgIpc) is 2.77. The van der Waals surface area contributed by atoms with Crippen LogP contribution in [0.3, 0.4) is 0 Å². The maximum absolute atomic E-state index is 12.3. The van der Waals surface area contributed by atoms with E-state index in [2.05, 4.69) is 0 Å². The Bertz CT molecular complexity index is 830. The van der Waals surface area contributed by atoms with Crippen molar-refractivity contribution in [2.45, 2.75) is 38.0 Å². The highest BCUT2D eigenvalue weighted by Crippen LogP contribution is 2.32. The van der Waals surface area contributed by atoms with Gasteiger partial charge in [0.25, 0.3) is 0 Å². The van der Waals surface area contributed by atoms with Crippen molar-refractivity contribution in [3.8, 4) is 5.75 Å². The van der Waals surface area contributed by atoms with E-state index in [9.17, 15) is 9.59 Å². The van der Waals surface area contributed by atoms with Crippen molar-refractivity contribution in [3.05, 3.63) is 71.3 Å². The zero-order valence-corrected chi connectivity index (χ0v) is 16.2. The predicted molar refractivity (Wildman–Crippen MR) is 110 cm³/mol. The first-order chi connectivity index (χ1) is 13.7. The topological polar surface area (TPSA) is 52.6 Å². The van der Waals surface area contributed by atoms with Crippen LogP contribution in [0, 0.1) is 0 Å². The molecule has 2 aromatic rings. The molecule has 4 nitrogen and oxygen atoms in total. The normalized spacial score (nSPS) is 14.8. The van der Waals surface area contributed by atoms with Gasteiger partial charge in [-0.15, -0.1) is 0 Å². The summed E-state index contributed by atoms with van der Waals surface area (Å²) in [6, 6.07) is 15.1. The van der Waals surface area contributed by atoms with Gasteiger partial charge in [-0.1, -0.05) is 61.7 Å². The summed E-state index contributed by atoms with van der Waals surface area (Å²) < 4.78 is 10.3. The summed E-state index contributed by atoms with van der Waals surface area (Å²) in [5.41, 5.74) is 2.64. The SMILES string of the molecule is COc1ccccc1C=CC(=O)OCC(=O)c1ccc(C2CCCCC2)cc1. The first-order valence-electron chi connectivity index (χ1n) is 9.78. The van der Waals surface area contributed by atoms with E-state index >= 15 is 0 Å². The third-order valence-corrected chi connectivity index (χ3v) is 5.19. The fourth-order valence-corrected chi connectivity index (χ4v) is 3.61. The Hall–Kier alpha value is -2.88. The Morgan fingerprint density at radius 2 is 1.71 bits per heavy atom. The zero-order chi connectivity index (χ0) is 19.8. The lowest BCUT2D eigenvalue weighted by Gasteiger charge is -2.22. The van der Waals surface area contributed by atoms with Crippen LogP contribution in [0.2, 0.25) is 0 Å². The Morgan fingerprint density at radius 3 is 2.43 bits per heavy atom. The molecule has 28 heavy (non-hydrogen) atoms. The number of hydrogen-bond acceptors (Lipinski definition) is 4. The highest BCUT2D eigenvalue weighted by Gasteiger charge is 2.16. The van der Waals surface area contributed by atoms with Crippen LogP contribution in [-0.2, 0) is 9.53 Å². The lowest BCUT2D eigenvalue weighted by atomic mass is 9.84. The van der Waals surface area contributed by atoms with Gasteiger partial charge in [-0.25, -0.2) is 4.79 Å². The number of carbonyl (C=O) groups is 2. The first kappa shape index (κ1) is 19.9. The van der Waals surface area contributed by atoms with Gasteiger partial charge in [0.05, 0.1) is 7.11 Å². The molecule has 0 amide bonds. The fraction of sp³-hybridized carbons (Fsp3) is 0.333. The number of ketones is 1. The molecule has 2 aromatic carbocycles. The molecule has 0 aromatic heterocycles. The van der Waals surface area contributed by atoms with E-state index in [0.717, 1.165) is 5.56 Å². The Labute approximate surface area is 166 Å². The lowest BCUT2D eigenvalue weighted by Crippen LogP contribution is -2.13. The maximum Gasteiger partial charge on any atom is 0.331 e. The maximum atomic E-state index is 12.3. The smallest absolute Gasteiger partial charge is 0.331 e. The third-order valence-electron chi connectivity index (χ3n) is 5.19. The number of hydrogen-bond donors (Lipinski definition) is 0. The minimum absolute atomic E-state index is 0.200. The van der Waals surface area contributed by atoms with Crippen LogP contribution in [0.5, 0.6) is 5.75 Å². The molecule has 0 radical (unpaired) electrons. The van der Waals surface area contributed by atoms with E-state index in [1.807, 2.05) is 48.5 Å². The zero-order valence-electron chi connectivity index (χ0n) is 16.2. The van der Waals surface area contributed by atoms with Crippen molar-refractivity contribution in [2.24, 2.45) is 0 Å². The van der Waals surface area contributed by atoms with E-state index in [0.29, 0.717) is 17.2 Å². The second kappa shape index (κ2) is 9.88. The molecule has 0 aliphatic heterocycles. The molecule has 0 atom stereocenters. The number of ether oxygens (including phenoxy) is 2. The molecular weight excluding hydrogens is 352 g/mol. The summed E-state index contributed by atoms with van der Waals surface area (Å²) in [5, 5.41) is 0. The Morgan fingerprint density at radius 1 is 1.00 bits per heavy atom. The standard InChI is InChI=1S/C24H26O4/c1-27-23-10-6-5-9-21(23)15-16-24(26)28-17-22(25)20-13-11-19(12-14-20)18-7-3-2-4-8-18/h5-6,9-16,18H,2-4,7-8,17H2,1H3. The molecular formula is C24H26O4. The molecule has 0 heterocycles. The molecule has 3 rings (SSSR count). The number of carbonyl (C=O) groups excluding carboxylic acids is 2. The van der Waals surface area contributed by atoms with Gasteiger partial charge >= 0.3 is 5.97 Å². The van der Waals surface area contributed by atoms with Crippen LogP contribution in [-0.4, -0.2) is 25.5 Å². The van der Waals surface area contributed by atoms with Crippen LogP contribution in [0.25, 0.3) is 6.08 Å². The molecule has 0 spiro atoms. The van der Waals surface area contributed by atoms with Crippen molar-refractivity contribution < 1.29 is 19.1 Å². The highest BCUT2D eigenvalue weighted by molar-refractivity contribution is 5.99. The van der Waals surface area contributed by atoms with Gasteiger partial charge in [-0.3, -0.25) is 4.79 Å². The van der Waals surface area contributed by atoms with Gasteiger partial charge < -0.3 is 9.47 Å². The molecule has 1 saturated carbocycles. The molecule has 1 aliphatic rings. The van der Waals surface area contributed by atoms with E-state index in [-0.39, 0.29) is 12.4 Å². The predicted octanol–water partition coefficient (Wildman–Crippen LogP) is 5.18.